The van der Waals surface area contributed by atoms with Gasteiger partial charge in [0.1, 0.15) is 0 Å². The highest BCUT2D eigenvalue weighted by molar-refractivity contribution is 9.12. The second kappa shape index (κ2) is 10.0. The average Bonchev–Trinajstić information content (AvgIpc) is 3.61. The third kappa shape index (κ3) is 4.00. The quantitative estimate of drug-likeness (QED) is 0.203. The van der Waals surface area contributed by atoms with Crippen LogP contribution in [0.1, 0.15) is 35.4 Å². The molecule has 2 aromatic heterocycles. The Morgan fingerprint density at radius 3 is 1.32 bits per heavy atom. The number of H-pyrrole nitrogens is 2. The fourth-order valence-corrected chi connectivity index (χ4v) is 6.86. The molecule has 2 aliphatic heterocycles. The average molecular weight is 664 g/mol. The number of amides is 4. The smallest absolute Gasteiger partial charge is 0.268 e. The first kappa shape index (κ1) is 26.5. The van der Waals surface area contributed by atoms with Gasteiger partial charge in [0.2, 0.25) is 0 Å². The fraction of sp³-hybridized carbons (Fsp3) is 0.200. The Morgan fingerprint density at radius 2 is 0.975 bits per heavy atom. The molecule has 6 rings (SSSR count). The number of nitrogens with zero attached hydrogens (tertiary/aromatic N) is 2. The van der Waals surface area contributed by atoms with Crippen LogP contribution in [0.4, 0.5) is 0 Å². The van der Waals surface area contributed by atoms with Gasteiger partial charge in [0.15, 0.2) is 0 Å². The van der Waals surface area contributed by atoms with Crippen molar-refractivity contribution >= 4 is 88.4 Å². The summed E-state index contributed by atoms with van der Waals surface area (Å²) in [6.07, 6.45) is 2.87. The molecule has 8 nitrogen and oxygen atoms in total. The summed E-state index contributed by atoms with van der Waals surface area (Å²) in [6.45, 7) is 0. The van der Waals surface area contributed by atoms with Gasteiger partial charge < -0.3 is 9.97 Å². The topological polar surface area (TPSA) is 106 Å². The van der Waals surface area contributed by atoms with Crippen molar-refractivity contribution in [3.05, 3.63) is 80.0 Å². The lowest BCUT2D eigenvalue weighted by molar-refractivity contribution is -0.136. The summed E-state index contributed by atoms with van der Waals surface area (Å²) in [5.41, 5.74) is 5.85. The number of nitrogens with one attached hydrogen (secondary N) is 2. The van der Waals surface area contributed by atoms with Crippen LogP contribution in [0.5, 0.6) is 0 Å². The minimum atomic E-state index is -0.353. The predicted octanol–water partition coefficient (Wildman–Crippen LogP) is 5.42. The number of carbonyl (C=O) groups excluding carboxylic acids is 4. The first-order valence-corrected chi connectivity index (χ1v) is 14.4. The van der Waals surface area contributed by atoms with Crippen molar-refractivity contribution in [3.8, 4) is 0 Å². The Morgan fingerprint density at radius 1 is 0.600 bits per heavy atom. The molecular formula is C30H24Br2N4O4. The standard InChI is InChI=1S/C30H24Br2N4O4/c1-35-27(37)23(25(31)29(35)39)21-15-9-3-5-11-17(15)33-19(21)13-7-8-14-20-22(16-10-4-6-12-18(16)34-20)24-26(32)30(40)36(2)28(24)38/h3-6,9-12,33-34H,7-8,13-14H2,1-2H3. The van der Waals surface area contributed by atoms with Gasteiger partial charge in [0, 0.05) is 58.4 Å². The lowest BCUT2D eigenvalue weighted by Crippen LogP contribution is -2.26. The van der Waals surface area contributed by atoms with Crippen molar-refractivity contribution in [1.82, 2.24) is 19.8 Å². The molecule has 4 aromatic rings. The summed E-state index contributed by atoms with van der Waals surface area (Å²) in [4.78, 5) is 60.3. The van der Waals surface area contributed by atoms with Crippen molar-refractivity contribution in [1.29, 1.82) is 0 Å². The Labute approximate surface area is 246 Å². The fourth-order valence-electron chi connectivity index (χ4n) is 5.59. The van der Waals surface area contributed by atoms with E-state index in [1.807, 2.05) is 48.5 Å². The molecule has 0 unspecified atom stereocenters. The molecule has 0 spiro atoms. The number of fused-ring (bicyclic) bond motifs is 2. The molecule has 40 heavy (non-hydrogen) atoms. The molecule has 10 heteroatoms. The zero-order chi connectivity index (χ0) is 28.3. The molecular weight excluding hydrogens is 640 g/mol. The van der Waals surface area contributed by atoms with E-state index in [-0.39, 0.29) is 32.6 Å². The third-order valence-electron chi connectivity index (χ3n) is 7.63. The Kier molecular flexibility index (Phi) is 6.62. The largest absolute Gasteiger partial charge is 0.358 e. The molecule has 2 aromatic carbocycles. The third-order valence-corrected chi connectivity index (χ3v) is 9.10. The van der Waals surface area contributed by atoms with Crippen LogP contribution in [-0.4, -0.2) is 57.5 Å². The normalized spacial score (nSPS) is 16.3. The first-order chi connectivity index (χ1) is 19.2. The van der Waals surface area contributed by atoms with Gasteiger partial charge in [-0.15, -0.1) is 0 Å². The summed E-state index contributed by atoms with van der Waals surface area (Å²) in [6, 6.07) is 15.5. The van der Waals surface area contributed by atoms with Gasteiger partial charge in [-0.25, -0.2) is 0 Å². The zero-order valence-corrected chi connectivity index (χ0v) is 24.9. The predicted molar refractivity (Wildman–Crippen MR) is 160 cm³/mol. The second-order valence-electron chi connectivity index (χ2n) is 9.97. The molecule has 202 valence electrons. The molecule has 2 aliphatic rings. The number of imide groups is 2. The number of para-hydroxylation sites is 2. The van der Waals surface area contributed by atoms with Gasteiger partial charge in [-0.2, -0.15) is 0 Å². The highest BCUT2D eigenvalue weighted by atomic mass is 79.9. The lowest BCUT2D eigenvalue weighted by Gasteiger charge is -2.09. The molecule has 0 aliphatic carbocycles. The monoisotopic (exact) mass is 662 g/mol. The molecule has 0 fully saturated rings. The van der Waals surface area contributed by atoms with Crippen molar-refractivity contribution in [3.63, 3.8) is 0 Å². The van der Waals surface area contributed by atoms with Gasteiger partial charge in [-0.05, 0) is 69.7 Å². The molecule has 4 heterocycles. The van der Waals surface area contributed by atoms with E-state index in [2.05, 4.69) is 41.8 Å². The van der Waals surface area contributed by atoms with Gasteiger partial charge in [0.25, 0.3) is 23.6 Å². The number of aryl methyl sites for hydroxylation is 2. The number of unbranched alkanes of at least 4 members (excludes halogenated alkanes) is 1. The van der Waals surface area contributed by atoms with Gasteiger partial charge in [-0.1, -0.05) is 36.4 Å². The molecule has 0 atom stereocenters. The van der Waals surface area contributed by atoms with Crippen LogP contribution in [0.2, 0.25) is 0 Å². The second-order valence-corrected chi connectivity index (χ2v) is 11.6. The number of likely N-dealkylation sites (N-methyl/N-ethyl adjacent to an activating group) is 2. The van der Waals surface area contributed by atoms with Gasteiger partial charge in [0.05, 0.1) is 20.1 Å². The van der Waals surface area contributed by atoms with Crippen LogP contribution in [0.25, 0.3) is 33.0 Å². The van der Waals surface area contributed by atoms with Crippen molar-refractivity contribution in [2.45, 2.75) is 25.7 Å². The Hall–Kier alpha value is -3.76. The maximum Gasteiger partial charge on any atom is 0.268 e. The maximum atomic E-state index is 13.0. The maximum absolute atomic E-state index is 13.0. The zero-order valence-electron chi connectivity index (χ0n) is 21.7. The van der Waals surface area contributed by atoms with E-state index in [4.69, 9.17) is 0 Å². The first-order valence-electron chi connectivity index (χ1n) is 12.8. The minimum Gasteiger partial charge on any atom is -0.358 e. The summed E-state index contributed by atoms with van der Waals surface area (Å²) < 4.78 is 0.543. The van der Waals surface area contributed by atoms with Crippen molar-refractivity contribution in [2.24, 2.45) is 0 Å². The molecule has 2 N–H and O–H groups in total. The summed E-state index contributed by atoms with van der Waals surface area (Å²) in [5, 5.41) is 1.79. The summed E-state index contributed by atoms with van der Waals surface area (Å²) >= 11 is 6.73. The van der Waals surface area contributed by atoms with E-state index in [1.54, 1.807) is 0 Å². The highest BCUT2D eigenvalue weighted by Crippen LogP contribution is 2.40. The number of rotatable bonds is 7. The van der Waals surface area contributed by atoms with Crippen LogP contribution in [-0.2, 0) is 32.0 Å². The van der Waals surface area contributed by atoms with E-state index in [1.165, 1.54) is 14.1 Å². The number of hydrogen-bond acceptors (Lipinski definition) is 4. The van der Waals surface area contributed by atoms with E-state index in [0.29, 0.717) is 24.0 Å². The van der Waals surface area contributed by atoms with Crippen LogP contribution in [0.15, 0.2) is 57.5 Å². The summed E-state index contributed by atoms with van der Waals surface area (Å²) in [5.74, 6) is -1.36. The van der Waals surface area contributed by atoms with Crippen LogP contribution < -0.4 is 0 Å². The number of aromatic amines is 2. The number of carbonyl (C=O) groups is 4. The van der Waals surface area contributed by atoms with E-state index < -0.39 is 0 Å². The van der Waals surface area contributed by atoms with Crippen LogP contribution in [0, 0.1) is 0 Å². The lowest BCUT2D eigenvalue weighted by atomic mass is 9.97. The Balaban J connectivity index is 1.30. The molecule has 0 bridgehead atoms. The van der Waals surface area contributed by atoms with Crippen molar-refractivity contribution in [2.75, 3.05) is 14.1 Å². The summed E-state index contributed by atoms with van der Waals surface area (Å²) in [7, 11) is 2.97. The van der Waals surface area contributed by atoms with Crippen molar-refractivity contribution < 1.29 is 19.2 Å². The minimum absolute atomic E-state index is 0.272. The number of halogens is 2. The van der Waals surface area contributed by atoms with Crippen LogP contribution >= 0.6 is 31.9 Å². The number of aromatic nitrogens is 2. The SMILES string of the molecule is CN1C(=O)C(Br)=C(c2c(CCCCc3[nH]c4ccccc4c3C3=C(Br)C(=O)N(C)C3=O)[nH]c3ccccc23)C1=O. The van der Waals surface area contributed by atoms with E-state index in [9.17, 15) is 19.2 Å². The van der Waals surface area contributed by atoms with Gasteiger partial charge >= 0.3 is 0 Å². The molecule has 0 saturated carbocycles. The molecule has 0 saturated heterocycles. The highest BCUT2D eigenvalue weighted by Gasteiger charge is 2.38. The Bertz CT molecular complexity index is 1710. The molecule has 4 amide bonds. The molecule has 0 radical (unpaired) electrons. The number of benzene rings is 2. The number of hydrogen-bond donors (Lipinski definition) is 2. The van der Waals surface area contributed by atoms with Crippen LogP contribution in [0.3, 0.4) is 0 Å². The van der Waals surface area contributed by atoms with E-state index in [0.717, 1.165) is 67.0 Å². The van der Waals surface area contributed by atoms with Gasteiger partial charge in [-0.3, -0.25) is 29.0 Å². The van der Waals surface area contributed by atoms with E-state index >= 15 is 0 Å².